The van der Waals surface area contributed by atoms with Crippen LogP contribution >= 0.6 is 23.2 Å². The van der Waals surface area contributed by atoms with Crippen molar-refractivity contribution in [2.24, 2.45) is 0 Å². The number of halogens is 2. The number of carbonyl (C=O) groups is 1. The Morgan fingerprint density at radius 2 is 1.67 bits per heavy atom. The molecule has 0 spiro atoms. The van der Waals surface area contributed by atoms with Crippen LogP contribution in [0.3, 0.4) is 0 Å². The first-order valence-electron chi connectivity index (χ1n) is 13.7. The van der Waals surface area contributed by atoms with Gasteiger partial charge in [-0.25, -0.2) is 4.98 Å². The largest absolute Gasteiger partial charge is 0.372 e. The quantitative estimate of drug-likeness (QED) is 0.425. The molecule has 0 saturated carbocycles. The zero-order valence-corrected chi connectivity index (χ0v) is 23.3. The van der Waals surface area contributed by atoms with E-state index in [4.69, 9.17) is 23.2 Å². The molecule has 204 valence electrons. The third-order valence-corrected chi connectivity index (χ3v) is 8.96. The first-order chi connectivity index (χ1) is 19.0. The van der Waals surface area contributed by atoms with E-state index in [9.17, 15) is 9.90 Å². The second-order valence-corrected chi connectivity index (χ2v) is 11.4. The van der Waals surface area contributed by atoms with Crippen LogP contribution in [-0.4, -0.2) is 70.8 Å². The van der Waals surface area contributed by atoms with Crippen LogP contribution < -0.4 is 10.2 Å². The average Bonchev–Trinajstić information content (AvgIpc) is 3.51. The maximum Gasteiger partial charge on any atom is 0.253 e. The Balaban J connectivity index is 1.18. The number of aliphatic hydroxyl groups is 1. The number of pyridine rings is 1. The second kappa shape index (κ2) is 11.3. The molecule has 1 unspecified atom stereocenters. The van der Waals surface area contributed by atoms with E-state index in [1.165, 1.54) is 25.9 Å². The van der Waals surface area contributed by atoms with Gasteiger partial charge in [0.15, 0.2) is 0 Å². The summed E-state index contributed by atoms with van der Waals surface area (Å²) in [6.07, 6.45) is 5.76. The lowest BCUT2D eigenvalue weighted by molar-refractivity contribution is 0.0644. The number of benzene rings is 2. The van der Waals surface area contributed by atoms with Crippen LogP contribution in [0.2, 0.25) is 10.0 Å². The van der Waals surface area contributed by atoms with Crippen molar-refractivity contribution in [3.05, 3.63) is 75.9 Å². The van der Waals surface area contributed by atoms with Crippen molar-refractivity contribution in [1.82, 2.24) is 14.8 Å². The lowest BCUT2D eigenvalue weighted by Gasteiger charge is -2.36. The molecule has 2 saturated heterocycles. The van der Waals surface area contributed by atoms with Gasteiger partial charge in [0, 0.05) is 58.6 Å². The van der Waals surface area contributed by atoms with Crippen molar-refractivity contribution in [2.45, 2.75) is 44.5 Å². The number of anilines is 2. The van der Waals surface area contributed by atoms with E-state index in [-0.39, 0.29) is 5.91 Å². The molecule has 1 atom stereocenters. The molecule has 39 heavy (non-hydrogen) atoms. The molecule has 9 heteroatoms. The number of fused-ring (bicyclic) bond motifs is 1. The number of hydrogen-bond donors (Lipinski definition) is 2. The fraction of sp³-hybridized carbons (Fsp3) is 0.400. The normalized spacial score (nSPS) is 20.1. The highest BCUT2D eigenvalue weighted by atomic mass is 35.5. The van der Waals surface area contributed by atoms with Gasteiger partial charge < -0.3 is 25.1 Å². The van der Waals surface area contributed by atoms with Gasteiger partial charge in [-0.1, -0.05) is 41.4 Å². The number of β-amino-alcohol motifs (C(OH)–C–C–N with tert-alkyl or cyclic N) is 1. The molecule has 7 nitrogen and oxygen atoms in total. The third-order valence-electron chi connectivity index (χ3n) is 8.25. The monoisotopic (exact) mass is 565 g/mol. The summed E-state index contributed by atoms with van der Waals surface area (Å²) in [6, 6.07) is 15.8. The van der Waals surface area contributed by atoms with Gasteiger partial charge >= 0.3 is 0 Å². The van der Waals surface area contributed by atoms with Crippen LogP contribution in [-0.2, 0) is 6.54 Å². The predicted molar refractivity (Wildman–Crippen MR) is 157 cm³/mol. The molecule has 3 aliphatic heterocycles. The van der Waals surface area contributed by atoms with Crippen LogP contribution in [0.15, 0.2) is 54.7 Å². The molecule has 2 N–H and O–H groups in total. The highest BCUT2D eigenvalue weighted by molar-refractivity contribution is 6.36. The lowest BCUT2D eigenvalue weighted by atomic mass is 10.0. The SMILES string of the molecule is O=C(c1ccc(-c2cnc3c(c2)N(Cc2c(Cl)cccc2Cl)C(O)CN3)cc1)N1CCC(N2CCCC2)CC1. The first-order valence-corrected chi connectivity index (χ1v) is 14.5. The van der Waals surface area contributed by atoms with Crippen LogP contribution in [0.5, 0.6) is 0 Å². The van der Waals surface area contributed by atoms with Crippen LogP contribution in [0, 0.1) is 0 Å². The Kier molecular flexibility index (Phi) is 7.67. The van der Waals surface area contributed by atoms with Crippen molar-refractivity contribution < 1.29 is 9.90 Å². The van der Waals surface area contributed by atoms with Gasteiger partial charge in [0.2, 0.25) is 0 Å². The van der Waals surface area contributed by atoms with Gasteiger partial charge in [-0.05, 0) is 74.7 Å². The van der Waals surface area contributed by atoms with Crippen LogP contribution in [0.1, 0.15) is 41.6 Å². The van der Waals surface area contributed by atoms with E-state index in [1.807, 2.05) is 46.3 Å². The molecule has 0 aliphatic carbocycles. The molecule has 1 amide bonds. The lowest BCUT2D eigenvalue weighted by Crippen LogP contribution is -2.45. The number of hydrogen-bond acceptors (Lipinski definition) is 6. The highest BCUT2D eigenvalue weighted by Gasteiger charge is 2.29. The summed E-state index contributed by atoms with van der Waals surface area (Å²) in [5.74, 6) is 0.788. The molecule has 2 aromatic carbocycles. The zero-order chi connectivity index (χ0) is 26.9. The smallest absolute Gasteiger partial charge is 0.253 e. The summed E-state index contributed by atoms with van der Waals surface area (Å²) >= 11 is 12.9. The van der Waals surface area contributed by atoms with Gasteiger partial charge in [0.1, 0.15) is 12.0 Å². The molecule has 2 fully saturated rings. The fourth-order valence-corrected chi connectivity index (χ4v) is 6.51. The molecule has 1 aromatic heterocycles. The fourth-order valence-electron chi connectivity index (χ4n) is 6.00. The topological polar surface area (TPSA) is 71.9 Å². The standard InChI is InChI=1S/C30H33Cl2N5O2/c31-25-4-3-5-26(32)24(25)19-37-27-16-22(17-33-29(27)34-18-28(37)38)20-6-8-21(9-7-20)30(39)36-14-10-23(11-15-36)35-12-1-2-13-35/h3-9,16-17,23,28,38H,1-2,10-15,18-19H2,(H,33,34). The van der Waals surface area contributed by atoms with Crippen molar-refractivity contribution in [2.75, 3.05) is 42.9 Å². The summed E-state index contributed by atoms with van der Waals surface area (Å²) in [6.45, 7) is 4.74. The van der Waals surface area contributed by atoms with E-state index in [1.54, 1.807) is 18.2 Å². The number of carbonyl (C=O) groups excluding carboxylic acids is 1. The van der Waals surface area contributed by atoms with Crippen molar-refractivity contribution in [1.29, 1.82) is 0 Å². The summed E-state index contributed by atoms with van der Waals surface area (Å²) in [5.41, 5.74) is 4.07. The molecule has 3 aliphatic rings. The van der Waals surface area contributed by atoms with Gasteiger partial charge in [-0.2, -0.15) is 0 Å². The maximum absolute atomic E-state index is 13.2. The summed E-state index contributed by atoms with van der Waals surface area (Å²) < 4.78 is 0. The molecule has 6 rings (SSSR count). The Bertz CT molecular complexity index is 1320. The summed E-state index contributed by atoms with van der Waals surface area (Å²) in [5, 5.41) is 15.1. The summed E-state index contributed by atoms with van der Waals surface area (Å²) in [7, 11) is 0. The Morgan fingerprint density at radius 1 is 0.974 bits per heavy atom. The third kappa shape index (κ3) is 5.46. The molecule has 0 bridgehead atoms. The van der Waals surface area contributed by atoms with Gasteiger partial charge in [0.25, 0.3) is 5.91 Å². The van der Waals surface area contributed by atoms with E-state index < -0.39 is 6.23 Å². The minimum Gasteiger partial charge on any atom is -0.372 e. The summed E-state index contributed by atoms with van der Waals surface area (Å²) in [4.78, 5) is 24.3. The number of aromatic nitrogens is 1. The van der Waals surface area contributed by atoms with E-state index in [0.29, 0.717) is 40.6 Å². The van der Waals surface area contributed by atoms with E-state index in [0.717, 1.165) is 48.3 Å². The van der Waals surface area contributed by atoms with Crippen LogP contribution in [0.4, 0.5) is 11.5 Å². The van der Waals surface area contributed by atoms with E-state index >= 15 is 0 Å². The first kappa shape index (κ1) is 26.4. The van der Waals surface area contributed by atoms with Crippen molar-refractivity contribution >= 4 is 40.6 Å². The molecular weight excluding hydrogens is 533 g/mol. The van der Waals surface area contributed by atoms with Crippen molar-refractivity contribution in [3.8, 4) is 11.1 Å². The average molecular weight is 567 g/mol. The Labute approximate surface area is 239 Å². The van der Waals surface area contributed by atoms with Gasteiger partial charge in [-0.15, -0.1) is 0 Å². The number of piperidine rings is 1. The maximum atomic E-state index is 13.2. The number of nitrogens with one attached hydrogen (secondary N) is 1. The molecule has 0 radical (unpaired) electrons. The number of rotatable bonds is 5. The number of amides is 1. The van der Waals surface area contributed by atoms with Gasteiger partial charge in [-0.3, -0.25) is 4.79 Å². The van der Waals surface area contributed by atoms with Crippen molar-refractivity contribution in [3.63, 3.8) is 0 Å². The number of nitrogens with zero attached hydrogens (tertiary/aromatic N) is 4. The van der Waals surface area contributed by atoms with Gasteiger partial charge in [0.05, 0.1) is 12.2 Å². The number of aliphatic hydroxyl groups excluding tert-OH is 1. The second-order valence-electron chi connectivity index (χ2n) is 10.6. The highest BCUT2D eigenvalue weighted by Crippen LogP contribution is 2.36. The molecule has 4 heterocycles. The van der Waals surface area contributed by atoms with Crippen LogP contribution in [0.25, 0.3) is 11.1 Å². The molecular formula is C30H33Cl2N5O2. The van der Waals surface area contributed by atoms with E-state index in [2.05, 4.69) is 15.2 Å². The number of likely N-dealkylation sites (tertiary alicyclic amines) is 2. The zero-order valence-electron chi connectivity index (χ0n) is 21.8. The molecule has 3 aromatic rings. The minimum absolute atomic E-state index is 0.0973. The predicted octanol–water partition coefficient (Wildman–Crippen LogP) is 5.51. The Morgan fingerprint density at radius 3 is 2.36 bits per heavy atom. The minimum atomic E-state index is -0.767. The Hall–Kier alpha value is -2.84.